The summed E-state index contributed by atoms with van der Waals surface area (Å²) in [6.07, 6.45) is 2.03. The van der Waals surface area contributed by atoms with Crippen molar-refractivity contribution in [1.82, 2.24) is 15.1 Å². The molecule has 2 heterocycles. The number of fused-ring (bicyclic) bond motifs is 1. The van der Waals surface area contributed by atoms with Gasteiger partial charge in [-0.25, -0.2) is 0 Å². The van der Waals surface area contributed by atoms with Crippen molar-refractivity contribution in [3.05, 3.63) is 30.0 Å². The van der Waals surface area contributed by atoms with E-state index < -0.39 is 0 Å². The van der Waals surface area contributed by atoms with Gasteiger partial charge < -0.3 is 9.64 Å². The molecule has 19 heavy (non-hydrogen) atoms. The van der Waals surface area contributed by atoms with Gasteiger partial charge in [-0.1, -0.05) is 18.2 Å². The van der Waals surface area contributed by atoms with Crippen molar-refractivity contribution in [1.29, 1.82) is 5.41 Å². The van der Waals surface area contributed by atoms with E-state index in [0.29, 0.717) is 5.92 Å². The first-order chi connectivity index (χ1) is 9.29. The topological polar surface area (TPSA) is 65.0 Å². The lowest BCUT2D eigenvalue weighted by Crippen LogP contribution is -2.38. The zero-order valence-electron chi connectivity index (χ0n) is 11.0. The van der Waals surface area contributed by atoms with Crippen LogP contribution in [0.1, 0.15) is 24.5 Å². The zero-order valence-corrected chi connectivity index (χ0v) is 11.0. The first-order valence-corrected chi connectivity index (χ1v) is 6.60. The van der Waals surface area contributed by atoms with Gasteiger partial charge in [-0.05, 0) is 18.9 Å². The molecule has 0 spiro atoms. The van der Waals surface area contributed by atoms with Crippen molar-refractivity contribution in [2.45, 2.75) is 18.8 Å². The van der Waals surface area contributed by atoms with Crippen molar-refractivity contribution in [3.8, 4) is 0 Å². The summed E-state index contributed by atoms with van der Waals surface area (Å²) >= 11 is 0. The molecule has 0 bridgehead atoms. The van der Waals surface area contributed by atoms with Gasteiger partial charge in [0.1, 0.15) is 0 Å². The number of para-hydroxylation sites is 1. The molecule has 100 valence electrons. The summed E-state index contributed by atoms with van der Waals surface area (Å²) < 4.78 is 4.97. The first-order valence-electron chi connectivity index (χ1n) is 6.60. The summed E-state index contributed by atoms with van der Waals surface area (Å²) in [4.78, 5) is 1.98. The monoisotopic (exact) mass is 258 g/mol. The standard InChI is InChI=1S/C14H18N4O/c1-19-14(15)18-8-6-10(7-9-18)13-11-4-2-3-5-12(11)16-17-13/h2-5,10,15H,6-9H2,1H3,(H,16,17). The predicted molar refractivity (Wildman–Crippen MR) is 74.4 cm³/mol. The second-order valence-corrected chi connectivity index (χ2v) is 4.93. The minimum atomic E-state index is 0.269. The number of likely N-dealkylation sites (tertiary alicyclic amines) is 1. The molecule has 0 unspecified atom stereocenters. The largest absolute Gasteiger partial charge is 0.469 e. The molecule has 0 aliphatic carbocycles. The van der Waals surface area contributed by atoms with Crippen LogP contribution in [-0.2, 0) is 4.74 Å². The molecule has 3 rings (SSSR count). The second-order valence-electron chi connectivity index (χ2n) is 4.93. The summed E-state index contributed by atoms with van der Waals surface area (Å²) in [6.45, 7) is 1.72. The number of nitrogens with one attached hydrogen (secondary N) is 2. The normalized spacial score (nSPS) is 16.8. The van der Waals surface area contributed by atoms with Crippen molar-refractivity contribution in [3.63, 3.8) is 0 Å². The number of nitrogens with zero attached hydrogens (tertiary/aromatic N) is 2. The average Bonchev–Trinajstić information content (AvgIpc) is 2.90. The van der Waals surface area contributed by atoms with Crippen LogP contribution >= 0.6 is 0 Å². The number of methoxy groups -OCH3 is 1. The molecule has 1 aliphatic rings. The maximum atomic E-state index is 7.69. The number of benzene rings is 1. The molecule has 5 heteroatoms. The lowest BCUT2D eigenvalue weighted by molar-refractivity contribution is 0.235. The quantitative estimate of drug-likeness (QED) is 0.609. The molecule has 1 saturated heterocycles. The molecule has 2 N–H and O–H groups in total. The van der Waals surface area contributed by atoms with Gasteiger partial charge in [0.05, 0.1) is 18.3 Å². The maximum Gasteiger partial charge on any atom is 0.284 e. The zero-order chi connectivity index (χ0) is 13.2. The van der Waals surface area contributed by atoms with Crippen LogP contribution < -0.4 is 0 Å². The smallest absolute Gasteiger partial charge is 0.284 e. The summed E-state index contributed by atoms with van der Waals surface area (Å²) in [7, 11) is 1.55. The molecule has 1 aromatic heterocycles. The number of ether oxygens (including phenoxy) is 1. The minimum Gasteiger partial charge on any atom is -0.469 e. The van der Waals surface area contributed by atoms with Crippen LogP contribution in [0.25, 0.3) is 10.9 Å². The summed E-state index contributed by atoms with van der Waals surface area (Å²) in [5, 5.41) is 16.5. The Kier molecular flexibility index (Phi) is 3.11. The van der Waals surface area contributed by atoms with Crippen LogP contribution in [-0.4, -0.2) is 41.3 Å². The number of aromatic nitrogens is 2. The second kappa shape index (κ2) is 4.91. The molecule has 5 nitrogen and oxygen atoms in total. The third kappa shape index (κ3) is 2.16. The summed E-state index contributed by atoms with van der Waals surface area (Å²) in [5.74, 6) is 0.469. The molecule has 1 fully saturated rings. The Bertz CT molecular complexity index is 584. The molecule has 0 saturated carbocycles. The molecular weight excluding hydrogens is 240 g/mol. The van der Waals surface area contributed by atoms with E-state index in [0.717, 1.165) is 31.4 Å². The van der Waals surface area contributed by atoms with Crippen LogP contribution in [0.5, 0.6) is 0 Å². The number of H-pyrrole nitrogens is 1. The van der Waals surface area contributed by atoms with Gasteiger partial charge >= 0.3 is 0 Å². The Hall–Kier alpha value is -2.04. The Labute approximate surface area is 112 Å². The number of piperidine rings is 1. The van der Waals surface area contributed by atoms with E-state index in [1.165, 1.54) is 11.1 Å². The molecular formula is C14H18N4O. The van der Waals surface area contributed by atoms with Crippen molar-refractivity contribution < 1.29 is 4.74 Å². The summed E-state index contributed by atoms with van der Waals surface area (Å²) in [6, 6.07) is 8.52. The number of hydrogen-bond acceptors (Lipinski definition) is 3. The number of amidine groups is 1. The highest BCUT2D eigenvalue weighted by molar-refractivity contribution is 5.81. The van der Waals surface area contributed by atoms with Gasteiger partial charge in [0.25, 0.3) is 6.02 Å². The van der Waals surface area contributed by atoms with Gasteiger partial charge in [-0.15, -0.1) is 0 Å². The fourth-order valence-corrected chi connectivity index (χ4v) is 2.78. The third-order valence-corrected chi connectivity index (χ3v) is 3.86. The average molecular weight is 258 g/mol. The highest BCUT2D eigenvalue weighted by Gasteiger charge is 2.25. The lowest BCUT2D eigenvalue weighted by atomic mass is 9.92. The third-order valence-electron chi connectivity index (χ3n) is 3.86. The lowest BCUT2D eigenvalue weighted by Gasteiger charge is -2.31. The van der Waals surface area contributed by atoms with E-state index in [1.54, 1.807) is 7.11 Å². The Balaban J connectivity index is 1.77. The molecule has 0 radical (unpaired) electrons. The fraction of sp³-hybridized carbons (Fsp3) is 0.429. The van der Waals surface area contributed by atoms with Crippen LogP contribution in [0.2, 0.25) is 0 Å². The van der Waals surface area contributed by atoms with Crippen LogP contribution in [0.3, 0.4) is 0 Å². The Morgan fingerprint density at radius 2 is 2.11 bits per heavy atom. The summed E-state index contributed by atoms with van der Waals surface area (Å²) in [5.41, 5.74) is 2.27. The predicted octanol–water partition coefficient (Wildman–Crippen LogP) is 2.32. The molecule has 1 aliphatic heterocycles. The van der Waals surface area contributed by atoms with E-state index in [-0.39, 0.29) is 6.02 Å². The molecule has 0 amide bonds. The minimum absolute atomic E-state index is 0.269. The first kappa shape index (κ1) is 12.0. The molecule has 2 aromatic rings. The molecule has 0 atom stereocenters. The van der Waals surface area contributed by atoms with Crippen LogP contribution in [0, 0.1) is 5.41 Å². The number of hydrogen-bond donors (Lipinski definition) is 2. The SMILES string of the molecule is COC(=N)N1CCC(c2n[nH]c3ccccc23)CC1. The highest BCUT2D eigenvalue weighted by atomic mass is 16.5. The van der Waals surface area contributed by atoms with Gasteiger partial charge in [-0.3, -0.25) is 10.5 Å². The van der Waals surface area contributed by atoms with E-state index in [4.69, 9.17) is 10.1 Å². The van der Waals surface area contributed by atoms with E-state index in [1.807, 2.05) is 11.0 Å². The van der Waals surface area contributed by atoms with E-state index in [9.17, 15) is 0 Å². The molecule has 1 aromatic carbocycles. The van der Waals surface area contributed by atoms with Crippen molar-refractivity contribution in [2.24, 2.45) is 0 Å². The number of rotatable bonds is 1. The maximum absolute atomic E-state index is 7.69. The highest BCUT2D eigenvalue weighted by Crippen LogP contribution is 2.31. The van der Waals surface area contributed by atoms with Crippen molar-refractivity contribution in [2.75, 3.05) is 20.2 Å². The van der Waals surface area contributed by atoms with E-state index in [2.05, 4.69) is 28.4 Å². The van der Waals surface area contributed by atoms with E-state index >= 15 is 0 Å². The van der Waals surface area contributed by atoms with Gasteiger partial charge in [-0.2, -0.15) is 5.10 Å². The fourth-order valence-electron chi connectivity index (χ4n) is 2.78. The van der Waals surface area contributed by atoms with Crippen LogP contribution in [0.15, 0.2) is 24.3 Å². The van der Waals surface area contributed by atoms with Gasteiger partial charge in [0.2, 0.25) is 0 Å². The Morgan fingerprint density at radius 1 is 1.37 bits per heavy atom. The van der Waals surface area contributed by atoms with Crippen molar-refractivity contribution >= 4 is 16.9 Å². The Morgan fingerprint density at radius 3 is 2.84 bits per heavy atom. The van der Waals surface area contributed by atoms with Crippen LogP contribution in [0.4, 0.5) is 0 Å². The number of aromatic amines is 1. The van der Waals surface area contributed by atoms with Gasteiger partial charge in [0.15, 0.2) is 0 Å². The van der Waals surface area contributed by atoms with Gasteiger partial charge in [0, 0.05) is 24.4 Å².